The summed E-state index contributed by atoms with van der Waals surface area (Å²) in [6.07, 6.45) is 0. The highest BCUT2D eigenvalue weighted by Crippen LogP contribution is 2.33. The molecule has 0 amide bonds. The van der Waals surface area contributed by atoms with Gasteiger partial charge in [-0.25, -0.2) is 0 Å². The molecule has 0 spiro atoms. The first-order chi connectivity index (χ1) is 8.97. The molecule has 1 nitrogen and oxygen atoms in total. The molecule has 0 saturated carbocycles. The number of carbonyl (C=O) groups excluding carboxylic acids is 1. The van der Waals surface area contributed by atoms with E-state index in [2.05, 4.69) is 48.0 Å². The second-order valence-electron chi connectivity index (χ2n) is 4.54. The highest BCUT2D eigenvalue weighted by molar-refractivity contribution is 9.10. The van der Waals surface area contributed by atoms with E-state index >= 15 is 0 Å². The molecule has 0 aliphatic carbocycles. The molecule has 2 rings (SSSR count). The summed E-state index contributed by atoms with van der Waals surface area (Å²) in [5.41, 5.74) is 3.32. The smallest absolute Gasteiger partial charge is 0.160 e. The van der Waals surface area contributed by atoms with Gasteiger partial charge in [0, 0.05) is 19.8 Å². The Hall–Kier alpha value is -1.06. The molecule has 0 radical (unpaired) electrons. The van der Waals surface area contributed by atoms with Gasteiger partial charge in [0.15, 0.2) is 5.78 Å². The summed E-state index contributed by atoms with van der Waals surface area (Å²) >= 11 is 5.04. The number of carbonyl (C=O) groups is 1. The quantitative estimate of drug-likeness (QED) is 0.697. The van der Waals surface area contributed by atoms with Gasteiger partial charge in [-0.2, -0.15) is 0 Å². The van der Waals surface area contributed by atoms with Crippen molar-refractivity contribution in [3.05, 3.63) is 57.6 Å². The first-order valence-electron chi connectivity index (χ1n) is 6.03. The van der Waals surface area contributed by atoms with Crippen LogP contribution in [-0.2, 0) is 0 Å². The molecule has 2 aromatic carbocycles. The molecule has 19 heavy (non-hydrogen) atoms. The van der Waals surface area contributed by atoms with E-state index < -0.39 is 0 Å². The highest BCUT2D eigenvalue weighted by atomic mass is 79.9. The fraction of sp³-hybridized carbons (Fsp3) is 0.188. The topological polar surface area (TPSA) is 17.1 Å². The van der Waals surface area contributed by atoms with Crippen molar-refractivity contribution >= 4 is 33.5 Å². The van der Waals surface area contributed by atoms with E-state index in [1.54, 1.807) is 18.7 Å². The van der Waals surface area contributed by atoms with Crippen molar-refractivity contribution in [2.75, 3.05) is 0 Å². The molecule has 0 aliphatic heterocycles. The van der Waals surface area contributed by atoms with Gasteiger partial charge in [0.1, 0.15) is 0 Å². The van der Waals surface area contributed by atoms with Crippen LogP contribution in [0.4, 0.5) is 0 Å². The number of aryl methyl sites for hydroxylation is 2. The minimum Gasteiger partial charge on any atom is -0.294 e. The van der Waals surface area contributed by atoms with Gasteiger partial charge in [0.2, 0.25) is 0 Å². The number of hydrogen-bond acceptors (Lipinski definition) is 2. The molecule has 98 valence electrons. The van der Waals surface area contributed by atoms with E-state index in [-0.39, 0.29) is 5.78 Å². The first-order valence-corrected chi connectivity index (χ1v) is 7.64. The van der Waals surface area contributed by atoms with Gasteiger partial charge < -0.3 is 0 Å². The van der Waals surface area contributed by atoms with E-state index in [1.165, 1.54) is 11.1 Å². The molecule has 0 bridgehead atoms. The van der Waals surface area contributed by atoms with Gasteiger partial charge in [0.25, 0.3) is 0 Å². The van der Waals surface area contributed by atoms with Gasteiger partial charge in [-0.3, -0.25) is 4.79 Å². The summed E-state index contributed by atoms with van der Waals surface area (Å²) < 4.78 is 0.933. The Labute approximate surface area is 126 Å². The molecule has 0 aromatic heterocycles. The van der Waals surface area contributed by atoms with Crippen LogP contribution in [0, 0.1) is 13.8 Å². The lowest BCUT2D eigenvalue weighted by atomic mass is 10.1. The minimum atomic E-state index is 0.0904. The van der Waals surface area contributed by atoms with E-state index in [9.17, 15) is 4.79 Å². The average Bonchev–Trinajstić information content (AvgIpc) is 2.36. The molecular weight excluding hydrogens is 320 g/mol. The molecule has 2 aromatic rings. The summed E-state index contributed by atoms with van der Waals surface area (Å²) in [5, 5.41) is 0. The Morgan fingerprint density at radius 3 is 2.42 bits per heavy atom. The standard InChI is InChI=1S/C16H15BrOS/c1-10-4-6-14(8-11(10)2)19-16-7-5-13(17)9-15(16)12(3)18/h4-9H,1-3H3. The number of halogens is 1. The first kappa shape index (κ1) is 14.4. The van der Waals surface area contributed by atoms with Crippen LogP contribution in [0.3, 0.4) is 0 Å². The molecule has 3 heteroatoms. The lowest BCUT2D eigenvalue weighted by molar-refractivity contribution is 0.101. The molecule has 0 unspecified atom stereocenters. The van der Waals surface area contributed by atoms with Crippen LogP contribution < -0.4 is 0 Å². The monoisotopic (exact) mass is 334 g/mol. The molecular formula is C16H15BrOS. The number of rotatable bonds is 3. The van der Waals surface area contributed by atoms with Crippen molar-refractivity contribution < 1.29 is 4.79 Å². The molecule has 0 heterocycles. The van der Waals surface area contributed by atoms with Gasteiger partial charge in [0.05, 0.1) is 0 Å². The third-order valence-electron chi connectivity index (χ3n) is 3.03. The lowest BCUT2D eigenvalue weighted by Crippen LogP contribution is -1.95. The number of benzene rings is 2. The normalized spacial score (nSPS) is 10.5. The molecule has 0 saturated heterocycles. The van der Waals surface area contributed by atoms with E-state index in [4.69, 9.17) is 0 Å². The second kappa shape index (κ2) is 5.93. The zero-order chi connectivity index (χ0) is 14.0. The van der Waals surface area contributed by atoms with Crippen LogP contribution in [-0.4, -0.2) is 5.78 Å². The maximum absolute atomic E-state index is 11.7. The minimum absolute atomic E-state index is 0.0904. The van der Waals surface area contributed by atoms with Gasteiger partial charge in [-0.05, 0) is 62.2 Å². The van der Waals surface area contributed by atoms with Crippen molar-refractivity contribution in [1.82, 2.24) is 0 Å². The van der Waals surface area contributed by atoms with Crippen molar-refractivity contribution in [1.29, 1.82) is 0 Å². The van der Waals surface area contributed by atoms with Crippen molar-refractivity contribution in [3.8, 4) is 0 Å². The van der Waals surface area contributed by atoms with Crippen molar-refractivity contribution in [2.24, 2.45) is 0 Å². The highest BCUT2D eigenvalue weighted by Gasteiger charge is 2.09. The SMILES string of the molecule is CC(=O)c1cc(Br)ccc1Sc1ccc(C)c(C)c1. The van der Waals surface area contributed by atoms with Crippen LogP contribution in [0.25, 0.3) is 0 Å². The van der Waals surface area contributed by atoms with E-state index in [0.717, 1.165) is 19.8 Å². The zero-order valence-electron chi connectivity index (χ0n) is 11.2. The Bertz CT molecular complexity index is 635. The van der Waals surface area contributed by atoms with Crippen LogP contribution >= 0.6 is 27.7 Å². The third kappa shape index (κ3) is 3.48. The Morgan fingerprint density at radius 2 is 1.79 bits per heavy atom. The summed E-state index contributed by atoms with van der Waals surface area (Å²) in [7, 11) is 0. The van der Waals surface area contributed by atoms with Crippen molar-refractivity contribution in [2.45, 2.75) is 30.6 Å². The fourth-order valence-electron chi connectivity index (χ4n) is 1.77. The predicted octanol–water partition coefficient (Wildman–Crippen LogP) is 5.42. The zero-order valence-corrected chi connectivity index (χ0v) is 13.6. The van der Waals surface area contributed by atoms with Crippen molar-refractivity contribution in [3.63, 3.8) is 0 Å². The number of ketones is 1. The average molecular weight is 335 g/mol. The van der Waals surface area contributed by atoms with Crippen LogP contribution in [0.2, 0.25) is 0 Å². The van der Waals surface area contributed by atoms with Crippen LogP contribution in [0.15, 0.2) is 50.7 Å². The predicted molar refractivity (Wildman–Crippen MR) is 84.2 cm³/mol. The van der Waals surface area contributed by atoms with Crippen LogP contribution in [0.5, 0.6) is 0 Å². The van der Waals surface area contributed by atoms with Gasteiger partial charge in [-0.1, -0.05) is 33.8 Å². The Balaban J connectivity index is 2.37. The lowest BCUT2D eigenvalue weighted by Gasteiger charge is -2.09. The summed E-state index contributed by atoms with van der Waals surface area (Å²) in [5.74, 6) is 0.0904. The van der Waals surface area contributed by atoms with Gasteiger partial charge in [-0.15, -0.1) is 0 Å². The van der Waals surface area contributed by atoms with Crippen LogP contribution in [0.1, 0.15) is 28.4 Å². The summed E-state index contributed by atoms with van der Waals surface area (Å²) in [6, 6.07) is 12.2. The Kier molecular flexibility index (Phi) is 4.48. The van der Waals surface area contributed by atoms with E-state index in [1.807, 2.05) is 18.2 Å². The molecule has 0 fully saturated rings. The molecule has 0 aliphatic rings. The maximum atomic E-state index is 11.7. The third-order valence-corrected chi connectivity index (χ3v) is 4.59. The summed E-state index contributed by atoms with van der Waals surface area (Å²) in [4.78, 5) is 13.9. The largest absolute Gasteiger partial charge is 0.294 e. The maximum Gasteiger partial charge on any atom is 0.160 e. The van der Waals surface area contributed by atoms with Gasteiger partial charge >= 0.3 is 0 Å². The molecule has 0 N–H and O–H groups in total. The Morgan fingerprint density at radius 1 is 1.05 bits per heavy atom. The van der Waals surface area contributed by atoms with E-state index in [0.29, 0.717) is 0 Å². The molecule has 0 atom stereocenters. The fourth-order valence-corrected chi connectivity index (χ4v) is 3.21. The number of Topliss-reactive ketones (excluding diaryl/α,β-unsaturated/α-hetero) is 1. The summed E-state index contributed by atoms with van der Waals surface area (Å²) in [6.45, 7) is 5.81. The second-order valence-corrected chi connectivity index (χ2v) is 6.58. The number of hydrogen-bond donors (Lipinski definition) is 0.